The molecular weight excluding hydrogens is 360 g/mol. The second-order valence-corrected chi connectivity index (χ2v) is 6.24. The molecule has 28 heavy (non-hydrogen) atoms. The van der Waals surface area contributed by atoms with Gasteiger partial charge >= 0.3 is 5.97 Å². The predicted octanol–water partition coefficient (Wildman–Crippen LogP) is 3.57. The Balaban J connectivity index is 1.50. The number of ether oxygens (including phenoxy) is 2. The molecular formula is C20H18N4O4. The number of nitrogens with zero attached hydrogens (tertiary/aromatic N) is 2. The number of carboxylic acid groups (broad SMARTS) is 1. The Hall–Kier alpha value is -3.81. The average molecular weight is 378 g/mol. The molecule has 0 aliphatic carbocycles. The Bertz CT molecular complexity index is 1040. The van der Waals surface area contributed by atoms with Gasteiger partial charge in [-0.05, 0) is 36.8 Å². The van der Waals surface area contributed by atoms with E-state index in [0.717, 1.165) is 22.8 Å². The van der Waals surface area contributed by atoms with Gasteiger partial charge in [0.1, 0.15) is 5.82 Å². The molecule has 4 rings (SSSR count). The van der Waals surface area contributed by atoms with Crippen molar-refractivity contribution in [2.75, 3.05) is 17.4 Å². The Labute approximate surface area is 161 Å². The summed E-state index contributed by atoms with van der Waals surface area (Å²) < 4.78 is 10.7. The third-order valence-corrected chi connectivity index (χ3v) is 4.16. The van der Waals surface area contributed by atoms with Gasteiger partial charge in [0.2, 0.25) is 12.7 Å². The van der Waals surface area contributed by atoms with Crippen LogP contribution in [0.15, 0.2) is 48.5 Å². The average Bonchev–Trinajstić information content (AvgIpc) is 3.14. The number of aryl methyl sites for hydroxylation is 1. The molecule has 0 unspecified atom stereocenters. The molecule has 3 aromatic rings. The lowest BCUT2D eigenvalue weighted by atomic mass is 10.2. The van der Waals surface area contributed by atoms with E-state index in [1.807, 2.05) is 25.1 Å². The Morgan fingerprint density at radius 2 is 1.93 bits per heavy atom. The fourth-order valence-corrected chi connectivity index (χ4v) is 2.86. The SMILES string of the molecule is Cc1cc(Nc2ccccc2C(=O)O)nc(NCc2ccc3c(c2)OCO3)n1. The summed E-state index contributed by atoms with van der Waals surface area (Å²) in [5, 5.41) is 15.6. The maximum absolute atomic E-state index is 11.4. The summed E-state index contributed by atoms with van der Waals surface area (Å²) in [6, 6.07) is 14.2. The van der Waals surface area contributed by atoms with Crippen molar-refractivity contribution < 1.29 is 19.4 Å². The molecule has 142 valence electrons. The van der Waals surface area contributed by atoms with Crippen molar-refractivity contribution in [3.05, 3.63) is 65.4 Å². The number of para-hydroxylation sites is 1. The molecule has 1 aliphatic rings. The lowest BCUT2D eigenvalue weighted by molar-refractivity contribution is 0.0698. The fourth-order valence-electron chi connectivity index (χ4n) is 2.86. The fraction of sp³-hybridized carbons (Fsp3) is 0.150. The van der Waals surface area contributed by atoms with Crippen molar-refractivity contribution in [3.63, 3.8) is 0 Å². The van der Waals surface area contributed by atoms with Gasteiger partial charge in [0, 0.05) is 18.3 Å². The van der Waals surface area contributed by atoms with Crippen LogP contribution in [-0.2, 0) is 6.54 Å². The third kappa shape index (κ3) is 3.80. The zero-order valence-corrected chi connectivity index (χ0v) is 15.1. The summed E-state index contributed by atoms with van der Waals surface area (Å²) in [4.78, 5) is 20.2. The molecule has 3 N–H and O–H groups in total. The first kappa shape index (κ1) is 17.6. The van der Waals surface area contributed by atoms with Gasteiger partial charge in [0.25, 0.3) is 0 Å². The summed E-state index contributed by atoms with van der Waals surface area (Å²) in [6.45, 7) is 2.59. The summed E-state index contributed by atoms with van der Waals surface area (Å²) in [7, 11) is 0. The highest BCUT2D eigenvalue weighted by molar-refractivity contribution is 5.95. The minimum atomic E-state index is -1.00. The number of benzene rings is 2. The monoisotopic (exact) mass is 378 g/mol. The predicted molar refractivity (Wildman–Crippen MR) is 103 cm³/mol. The highest BCUT2D eigenvalue weighted by atomic mass is 16.7. The number of anilines is 3. The smallest absolute Gasteiger partial charge is 0.337 e. The zero-order chi connectivity index (χ0) is 19.5. The molecule has 8 nitrogen and oxygen atoms in total. The molecule has 2 aromatic carbocycles. The number of nitrogens with one attached hydrogen (secondary N) is 2. The number of carboxylic acids is 1. The quantitative estimate of drug-likeness (QED) is 0.598. The minimum absolute atomic E-state index is 0.175. The first-order valence-corrected chi connectivity index (χ1v) is 8.66. The number of rotatable bonds is 6. The lowest BCUT2D eigenvalue weighted by Gasteiger charge is -2.12. The lowest BCUT2D eigenvalue weighted by Crippen LogP contribution is -2.08. The Kier molecular flexibility index (Phi) is 4.67. The van der Waals surface area contributed by atoms with Gasteiger partial charge in [-0.2, -0.15) is 4.98 Å². The third-order valence-electron chi connectivity index (χ3n) is 4.16. The van der Waals surface area contributed by atoms with Crippen LogP contribution in [0.2, 0.25) is 0 Å². The van der Waals surface area contributed by atoms with E-state index in [0.29, 0.717) is 24.0 Å². The minimum Gasteiger partial charge on any atom is -0.478 e. The molecule has 8 heteroatoms. The highest BCUT2D eigenvalue weighted by Crippen LogP contribution is 2.32. The molecule has 1 aromatic heterocycles. The Morgan fingerprint density at radius 1 is 1.11 bits per heavy atom. The van der Waals surface area contributed by atoms with Crippen molar-refractivity contribution >= 4 is 23.4 Å². The van der Waals surface area contributed by atoms with E-state index in [1.54, 1.807) is 24.3 Å². The largest absolute Gasteiger partial charge is 0.478 e. The van der Waals surface area contributed by atoms with Crippen LogP contribution < -0.4 is 20.1 Å². The number of carbonyl (C=O) groups is 1. The van der Waals surface area contributed by atoms with Crippen molar-refractivity contribution in [2.24, 2.45) is 0 Å². The molecule has 2 heterocycles. The highest BCUT2D eigenvalue weighted by Gasteiger charge is 2.14. The standard InChI is InChI=1S/C20H18N4O4/c1-12-8-18(23-15-5-3-2-4-14(15)19(25)26)24-20(22-12)21-10-13-6-7-16-17(9-13)28-11-27-16/h2-9H,10-11H2,1H3,(H,25,26)(H2,21,22,23,24). The number of hydrogen-bond acceptors (Lipinski definition) is 7. The molecule has 0 spiro atoms. The number of fused-ring (bicyclic) bond motifs is 1. The van der Waals surface area contributed by atoms with E-state index in [2.05, 4.69) is 20.6 Å². The molecule has 1 aliphatic heterocycles. The summed E-state index contributed by atoms with van der Waals surface area (Å²) >= 11 is 0. The van der Waals surface area contributed by atoms with E-state index < -0.39 is 5.97 Å². The van der Waals surface area contributed by atoms with E-state index in [1.165, 1.54) is 6.07 Å². The molecule has 0 amide bonds. The van der Waals surface area contributed by atoms with Gasteiger partial charge in [-0.25, -0.2) is 9.78 Å². The van der Waals surface area contributed by atoms with Gasteiger partial charge in [0.15, 0.2) is 11.5 Å². The van der Waals surface area contributed by atoms with Gasteiger partial charge in [0.05, 0.1) is 11.3 Å². The van der Waals surface area contributed by atoms with E-state index in [-0.39, 0.29) is 12.4 Å². The van der Waals surface area contributed by atoms with Crippen LogP contribution in [0.3, 0.4) is 0 Å². The van der Waals surface area contributed by atoms with Crippen LogP contribution in [0.5, 0.6) is 11.5 Å². The summed E-state index contributed by atoms with van der Waals surface area (Å²) in [5.41, 5.74) is 2.39. The van der Waals surface area contributed by atoms with Crippen LogP contribution in [0, 0.1) is 6.92 Å². The van der Waals surface area contributed by atoms with Crippen molar-refractivity contribution in [1.29, 1.82) is 0 Å². The van der Waals surface area contributed by atoms with Gasteiger partial charge in [-0.15, -0.1) is 0 Å². The molecule has 0 saturated heterocycles. The first-order valence-electron chi connectivity index (χ1n) is 8.66. The maximum atomic E-state index is 11.4. The van der Waals surface area contributed by atoms with E-state index in [4.69, 9.17) is 9.47 Å². The molecule has 0 saturated carbocycles. The van der Waals surface area contributed by atoms with Crippen molar-refractivity contribution in [3.8, 4) is 11.5 Å². The van der Waals surface area contributed by atoms with Crippen LogP contribution in [-0.4, -0.2) is 27.8 Å². The van der Waals surface area contributed by atoms with Crippen molar-refractivity contribution in [1.82, 2.24) is 9.97 Å². The number of hydrogen-bond donors (Lipinski definition) is 3. The Morgan fingerprint density at radius 3 is 2.79 bits per heavy atom. The zero-order valence-electron chi connectivity index (χ0n) is 15.1. The normalized spacial score (nSPS) is 11.9. The molecule has 0 radical (unpaired) electrons. The second kappa shape index (κ2) is 7.43. The molecule has 0 bridgehead atoms. The van der Waals surface area contributed by atoms with Crippen LogP contribution in [0.1, 0.15) is 21.6 Å². The van der Waals surface area contributed by atoms with Crippen LogP contribution in [0.4, 0.5) is 17.5 Å². The van der Waals surface area contributed by atoms with Gasteiger partial charge in [-0.1, -0.05) is 18.2 Å². The first-order chi connectivity index (χ1) is 13.6. The second-order valence-electron chi connectivity index (χ2n) is 6.24. The van der Waals surface area contributed by atoms with Crippen molar-refractivity contribution in [2.45, 2.75) is 13.5 Å². The van der Waals surface area contributed by atoms with Gasteiger partial charge in [-0.3, -0.25) is 0 Å². The molecule has 0 fully saturated rings. The summed E-state index contributed by atoms with van der Waals surface area (Å²) in [6.07, 6.45) is 0. The van der Waals surface area contributed by atoms with Crippen LogP contribution >= 0.6 is 0 Å². The topological polar surface area (TPSA) is 106 Å². The maximum Gasteiger partial charge on any atom is 0.337 e. The summed E-state index contributed by atoms with van der Waals surface area (Å²) in [5.74, 6) is 1.40. The van der Waals surface area contributed by atoms with E-state index in [9.17, 15) is 9.90 Å². The van der Waals surface area contributed by atoms with Crippen LogP contribution in [0.25, 0.3) is 0 Å². The molecule has 0 atom stereocenters. The number of aromatic carboxylic acids is 1. The van der Waals surface area contributed by atoms with E-state index >= 15 is 0 Å². The number of aromatic nitrogens is 2. The van der Waals surface area contributed by atoms with Gasteiger partial charge < -0.3 is 25.2 Å².